The Balaban J connectivity index is 3.02. The van der Waals surface area contributed by atoms with Crippen molar-refractivity contribution in [3.63, 3.8) is 0 Å². The molecule has 0 radical (unpaired) electrons. The molecule has 0 saturated heterocycles. The summed E-state index contributed by atoms with van der Waals surface area (Å²) in [5.41, 5.74) is 3.17. The summed E-state index contributed by atoms with van der Waals surface area (Å²) in [6.45, 7) is 9.28. The fourth-order valence-corrected chi connectivity index (χ4v) is 1.91. The first-order chi connectivity index (χ1) is 9.13. The van der Waals surface area contributed by atoms with Crippen LogP contribution >= 0.6 is 0 Å². The maximum absolute atomic E-state index is 12.3. The lowest BCUT2D eigenvalue weighted by Gasteiger charge is -2.08. The molecule has 0 fully saturated rings. The van der Waals surface area contributed by atoms with Gasteiger partial charge in [-0.1, -0.05) is 49.6 Å². The molecule has 19 heavy (non-hydrogen) atoms. The number of hydrogen-bond donors (Lipinski definition) is 0. The highest BCUT2D eigenvalue weighted by Crippen LogP contribution is 2.18. The maximum atomic E-state index is 12.3. The third kappa shape index (κ3) is 3.88. The number of hydrogen-bond acceptors (Lipinski definition) is 2. The first-order valence-corrected chi connectivity index (χ1v) is 6.13. The van der Waals surface area contributed by atoms with Gasteiger partial charge in [0.05, 0.1) is 0 Å². The van der Waals surface area contributed by atoms with Crippen LogP contribution in [0, 0.1) is 6.92 Å². The normalized spacial score (nSPS) is 11.4. The van der Waals surface area contributed by atoms with E-state index in [1.807, 2.05) is 31.2 Å². The van der Waals surface area contributed by atoms with Crippen molar-refractivity contribution < 1.29 is 9.59 Å². The molecule has 0 aliphatic carbocycles. The molecular formula is C17H18O2. The van der Waals surface area contributed by atoms with Gasteiger partial charge in [0.1, 0.15) is 6.29 Å². The molecule has 0 saturated carbocycles. The van der Waals surface area contributed by atoms with Gasteiger partial charge in [-0.15, -0.1) is 0 Å². The van der Waals surface area contributed by atoms with Crippen molar-refractivity contribution in [2.24, 2.45) is 0 Å². The molecule has 2 heteroatoms. The number of carbonyl (C=O) groups is 2. The molecule has 0 bridgehead atoms. The molecule has 0 aromatic heterocycles. The number of aryl methyl sites for hydroxylation is 1. The standard InChI is InChI=1S/C17H18O2/c1-4-14(10-11-18)15(5-2)12-17(19)16-9-7-6-8-13(16)3/h4-9,11H,1-2,10,12H2,3H3/b15-14-. The van der Waals surface area contributed by atoms with Crippen molar-refractivity contribution in [1.82, 2.24) is 0 Å². The highest BCUT2D eigenvalue weighted by atomic mass is 16.1. The van der Waals surface area contributed by atoms with E-state index in [9.17, 15) is 9.59 Å². The van der Waals surface area contributed by atoms with Crippen molar-refractivity contribution in [3.8, 4) is 0 Å². The summed E-state index contributed by atoms with van der Waals surface area (Å²) in [7, 11) is 0. The van der Waals surface area contributed by atoms with Crippen LogP contribution in [0.3, 0.4) is 0 Å². The quantitative estimate of drug-likeness (QED) is 0.421. The Morgan fingerprint density at radius 3 is 2.32 bits per heavy atom. The van der Waals surface area contributed by atoms with Gasteiger partial charge in [0.15, 0.2) is 5.78 Å². The molecule has 0 aliphatic rings. The fraction of sp³-hybridized carbons (Fsp3) is 0.176. The van der Waals surface area contributed by atoms with Gasteiger partial charge in [-0.05, 0) is 23.6 Å². The van der Waals surface area contributed by atoms with E-state index >= 15 is 0 Å². The van der Waals surface area contributed by atoms with E-state index in [0.29, 0.717) is 5.56 Å². The van der Waals surface area contributed by atoms with Crippen molar-refractivity contribution in [3.05, 3.63) is 71.8 Å². The van der Waals surface area contributed by atoms with Crippen LogP contribution in [0.1, 0.15) is 28.8 Å². The second-order valence-corrected chi connectivity index (χ2v) is 4.24. The van der Waals surface area contributed by atoms with Crippen molar-refractivity contribution in [2.45, 2.75) is 19.8 Å². The Labute approximate surface area is 114 Å². The number of aldehydes is 1. The van der Waals surface area contributed by atoms with E-state index in [2.05, 4.69) is 13.2 Å². The SMILES string of the molecule is C=C/C(CC=O)=C(\C=C)CC(=O)c1ccccc1C. The monoisotopic (exact) mass is 254 g/mol. The molecule has 0 amide bonds. The van der Waals surface area contributed by atoms with Gasteiger partial charge in [0.2, 0.25) is 0 Å². The summed E-state index contributed by atoms with van der Waals surface area (Å²) < 4.78 is 0. The molecule has 0 N–H and O–H groups in total. The van der Waals surface area contributed by atoms with Crippen molar-refractivity contribution >= 4 is 12.1 Å². The van der Waals surface area contributed by atoms with Gasteiger partial charge in [0.25, 0.3) is 0 Å². The number of Topliss-reactive ketones (excluding diaryl/α,β-unsaturated/α-hetero) is 1. The lowest BCUT2D eigenvalue weighted by atomic mass is 9.95. The fourth-order valence-electron chi connectivity index (χ4n) is 1.91. The Morgan fingerprint density at radius 1 is 1.16 bits per heavy atom. The van der Waals surface area contributed by atoms with Gasteiger partial charge < -0.3 is 4.79 Å². The van der Waals surface area contributed by atoms with Crippen LogP contribution in [0.25, 0.3) is 0 Å². The number of carbonyl (C=O) groups excluding carboxylic acids is 2. The molecule has 0 heterocycles. The molecule has 1 aromatic rings. The molecule has 0 unspecified atom stereocenters. The van der Waals surface area contributed by atoms with Gasteiger partial charge in [0, 0.05) is 18.4 Å². The maximum Gasteiger partial charge on any atom is 0.167 e. The summed E-state index contributed by atoms with van der Waals surface area (Å²) in [6.07, 6.45) is 4.53. The first kappa shape index (κ1) is 14.8. The number of rotatable bonds is 7. The molecular weight excluding hydrogens is 236 g/mol. The second kappa shape index (κ2) is 7.27. The second-order valence-electron chi connectivity index (χ2n) is 4.24. The van der Waals surface area contributed by atoms with E-state index < -0.39 is 0 Å². The zero-order chi connectivity index (χ0) is 14.3. The van der Waals surface area contributed by atoms with Crippen LogP contribution in [0.4, 0.5) is 0 Å². The average molecular weight is 254 g/mol. The van der Waals surface area contributed by atoms with Gasteiger partial charge >= 0.3 is 0 Å². The van der Waals surface area contributed by atoms with Crippen LogP contribution in [-0.4, -0.2) is 12.1 Å². The van der Waals surface area contributed by atoms with E-state index in [1.165, 1.54) is 0 Å². The smallest absolute Gasteiger partial charge is 0.167 e. The average Bonchev–Trinajstić information content (AvgIpc) is 2.42. The van der Waals surface area contributed by atoms with E-state index in [4.69, 9.17) is 0 Å². The topological polar surface area (TPSA) is 34.1 Å². The predicted octanol–water partition coefficient (Wildman–Crippen LogP) is 3.83. The van der Waals surface area contributed by atoms with Crippen LogP contribution in [-0.2, 0) is 4.79 Å². The van der Waals surface area contributed by atoms with E-state index in [0.717, 1.165) is 23.0 Å². The summed E-state index contributed by atoms with van der Waals surface area (Å²) >= 11 is 0. The van der Waals surface area contributed by atoms with E-state index in [-0.39, 0.29) is 18.6 Å². The van der Waals surface area contributed by atoms with Gasteiger partial charge in [-0.3, -0.25) is 4.79 Å². The molecule has 0 atom stereocenters. The summed E-state index contributed by atoms with van der Waals surface area (Å²) in [5, 5.41) is 0. The summed E-state index contributed by atoms with van der Waals surface area (Å²) in [4.78, 5) is 22.9. The number of allylic oxidation sites excluding steroid dienone is 4. The minimum Gasteiger partial charge on any atom is -0.303 e. The first-order valence-electron chi connectivity index (χ1n) is 6.13. The largest absolute Gasteiger partial charge is 0.303 e. The van der Waals surface area contributed by atoms with Gasteiger partial charge in [-0.25, -0.2) is 0 Å². The third-order valence-corrected chi connectivity index (χ3v) is 3.00. The summed E-state index contributed by atoms with van der Waals surface area (Å²) in [6, 6.07) is 7.46. The highest BCUT2D eigenvalue weighted by Gasteiger charge is 2.11. The molecule has 0 aliphatic heterocycles. The van der Waals surface area contributed by atoms with Crippen LogP contribution in [0.5, 0.6) is 0 Å². The molecule has 1 rings (SSSR count). The minimum absolute atomic E-state index is 0.0262. The molecule has 1 aromatic carbocycles. The number of benzene rings is 1. The number of ketones is 1. The van der Waals surface area contributed by atoms with Crippen LogP contribution in [0.15, 0.2) is 60.7 Å². The van der Waals surface area contributed by atoms with Crippen molar-refractivity contribution in [1.29, 1.82) is 0 Å². The molecule has 98 valence electrons. The van der Waals surface area contributed by atoms with E-state index in [1.54, 1.807) is 12.2 Å². The van der Waals surface area contributed by atoms with Crippen LogP contribution < -0.4 is 0 Å². The third-order valence-electron chi connectivity index (χ3n) is 3.00. The minimum atomic E-state index is 0.0262. The molecule has 2 nitrogen and oxygen atoms in total. The van der Waals surface area contributed by atoms with Crippen molar-refractivity contribution in [2.75, 3.05) is 0 Å². The van der Waals surface area contributed by atoms with Crippen LogP contribution in [0.2, 0.25) is 0 Å². The Bertz CT molecular complexity index is 536. The lowest BCUT2D eigenvalue weighted by molar-refractivity contribution is -0.107. The summed E-state index contributed by atoms with van der Waals surface area (Å²) in [5.74, 6) is 0.0262. The molecule has 0 spiro atoms. The zero-order valence-corrected chi connectivity index (χ0v) is 11.2. The Hall–Kier alpha value is -2.22. The Morgan fingerprint density at radius 2 is 1.79 bits per heavy atom. The zero-order valence-electron chi connectivity index (χ0n) is 11.2. The lowest BCUT2D eigenvalue weighted by Crippen LogP contribution is -2.04. The Kier molecular flexibility index (Phi) is 5.68. The van der Waals surface area contributed by atoms with Gasteiger partial charge in [-0.2, -0.15) is 0 Å². The highest BCUT2D eigenvalue weighted by molar-refractivity contribution is 5.99. The predicted molar refractivity (Wildman–Crippen MR) is 78.2 cm³/mol.